The number of benzene rings is 3. The van der Waals surface area contributed by atoms with E-state index >= 15 is 0 Å². The molecule has 0 aromatic heterocycles. The molecule has 0 spiro atoms. The van der Waals surface area contributed by atoms with Crippen molar-refractivity contribution < 1.29 is 31.9 Å². The maximum Gasteiger partial charge on any atom is 0.326 e. The third kappa shape index (κ3) is 8.86. The van der Waals surface area contributed by atoms with Crippen LogP contribution in [-0.2, 0) is 35.4 Å². The van der Waals surface area contributed by atoms with Crippen molar-refractivity contribution in [1.82, 2.24) is 9.79 Å². The molecule has 3 aromatic rings. The minimum atomic E-state index is -3.76. The molecule has 0 saturated carbocycles. The van der Waals surface area contributed by atoms with E-state index in [4.69, 9.17) is 18.7 Å². The molecule has 0 bridgehead atoms. The fraction of sp³-hybridized carbons (Fsp3) is 0.462. The number of hydroxylamine groups is 2. The predicted molar refractivity (Wildman–Crippen MR) is 196 cm³/mol. The van der Waals surface area contributed by atoms with Crippen LogP contribution in [0.25, 0.3) is 0 Å². The number of ether oxygens (including phenoxy) is 2. The van der Waals surface area contributed by atoms with Crippen LogP contribution in [0.2, 0.25) is 17.1 Å². The van der Waals surface area contributed by atoms with E-state index in [1.807, 2.05) is 61.5 Å². The lowest BCUT2D eigenvalue weighted by atomic mass is 9.93. The Bertz CT molecular complexity index is 1750. The van der Waals surface area contributed by atoms with E-state index in [0.29, 0.717) is 35.7 Å². The van der Waals surface area contributed by atoms with E-state index in [9.17, 15) is 13.2 Å². The van der Waals surface area contributed by atoms with E-state index in [0.717, 1.165) is 30.0 Å². The highest BCUT2D eigenvalue weighted by molar-refractivity contribution is 7.89. The van der Waals surface area contributed by atoms with Gasteiger partial charge in [-0.1, -0.05) is 89.6 Å². The molecule has 0 aliphatic carbocycles. The average molecular weight is 719 g/mol. The summed E-state index contributed by atoms with van der Waals surface area (Å²) < 4.78 is 46.7. The minimum absolute atomic E-state index is 0.0605. The van der Waals surface area contributed by atoms with Crippen LogP contribution in [0.5, 0.6) is 11.5 Å². The van der Waals surface area contributed by atoms with Crippen molar-refractivity contribution in [1.29, 1.82) is 0 Å². The third-order valence-electron chi connectivity index (χ3n) is 9.81. The molecule has 9 nitrogen and oxygen atoms in total. The van der Waals surface area contributed by atoms with Crippen LogP contribution in [0.4, 0.5) is 0 Å². The number of cyclic esters (lactones) is 1. The molecule has 11 heteroatoms. The largest absolute Gasteiger partial charge is 0.461 e. The van der Waals surface area contributed by atoms with Gasteiger partial charge in [-0.2, -0.15) is 9.79 Å². The van der Waals surface area contributed by atoms with Crippen molar-refractivity contribution in [2.75, 3.05) is 13.2 Å². The number of nitrogens with zero attached hydrogens (tertiary/aromatic N) is 1. The smallest absolute Gasteiger partial charge is 0.326 e. The molecule has 5 rings (SSSR count). The molecule has 2 saturated heterocycles. The van der Waals surface area contributed by atoms with E-state index in [-0.39, 0.29) is 35.5 Å². The first-order chi connectivity index (χ1) is 23.9. The average Bonchev–Trinajstić information content (AvgIpc) is 3.60. The number of sulfonamides is 1. The van der Waals surface area contributed by atoms with Gasteiger partial charge in [0, 0.05) is 5.56 Å². The Balaban J connectivity index is 1.20. The Kier molecular flexibility index (Phi) is 12.6. The second-order valence-corrected chi connectivity index (χ2v) is 20.6. The van der Waals surface area contributed by atoms with Crippen LogP contribution in [0.1, 0.15) is 65.5 Å². The number of esters is 1. The first-order valence-electron chi connectivity index (χ1n) is 17.6. The van der Waals surface area contributed by atoms with Gasteiger partial charge in [0.15, 0.2) is 8.32 Å². The summed E-state index contributed by atoms with van der Waals surface area (Å²) in [7, 11) is -5.84. The van der Waals surface area contributed by atoms with E-state index in [1.54, 1.807) is 17.2 Å². The SMILES string of the molecule is CCCC[Si](OC[C@H]1ON(Cc2cccc(C#CCNS(=O)(=O)c3ccc(Oc4ccccc4)cc3)c2)[C@H]2C(=O)O[C@H](C)[C@@H]12)(C(C)C)C(C)C. The molecule has 50 heavy (non-hydrogen) atoms. The van der Waals surface area contributed by atoms with Crippen LogP contribution in [0, 0.1) is 17.8 Å². The summed E-state index contributed by atoms with van der Waals surface area (Å²) in [5.41, 5.74) is 2.57. The standard InChI is InChI=1S/C39H50N2O7SSi/c1-7-8-24-50(28(2)3,29(4)5)45-27-36-37-30(6)46-39(42)38(37)41(48-36)26-32-15-12-14-31(25-32)16-13-23-40-49(43,44)35-21-19-34(20-22-35)47-33-17-10-9-11-18-33/h9-12,14-15,17-22,25,28-30,36-38,40H,7-8,23-24,26-27H2,1-6H3/t30-,36-,37+,38-/m1/s1. The van der Waals surface area contributed by atoms with Gasteiger partial charge in [-0.05, 0) is 78.1 Å². The number of rotatable bonds is 15. The van der Waals surface area contributed by atoms with Gasteiger partial charge in [-0.3, -0.25) is 9.63 Å². The Morgan fingerprint density at radius 1 is 0.960 bits per heavy atom. The number of unbranched alkanes of at least 4 members (excludes halogenated alkanes) is 1. The van der Waals surface area contributed by atoms with Crippen molar-refractivity contribution >= 4 is 24.3 Å². The van der Waals surface area contributed by atoms with Crippen LogP contribution < -0.4 is 9.46 Å². The quantitative estimate of drug-likeness (QED) is 0.0984. The molecule has 2 aliphatic heterocycles. The summed E-state index contributed by atoms with van der Waals surface area (Å²) in [5.74, 6) is 6.78. The topological polar surface area (TPSA) is 103 Å². The first-order valence-corrected chi connectivity index (χ1v) is 21.4. The van der Waals surface area contributed by atoms with Crippen LogP contribution in [0.15, 0.2) is 83.8 Å². The molecule has 268 valence electrons. The van der Waals surface area contributed by atoms with Crippen molar-refractivity contribution in [3.63, 3.8) is 0 Å². The van der Waals surface area contributed by atoms with Crippen LogP contribution in [-0.4, -0.2) is 59.2 Å². The number of para-hydroxylation sites is 1. The molecule has 2 heterocycles. The Hall–Kier alpha value is -3.50. The molecule has 0 unspecified atom stereocenters. The third-order valence-corrected chi connectivity index (χ3v) is 17.0. The second kappa shape index (κ2) is 16.7. The van der Waals surface area contributed by atoms with E-state index < -0.39 is 24.4 Å². The molecule has 2 aliphatic rings. The lowest BCUT2D eigenvalue weighted by molar-refractivity contribution is -0.195. The van der Waals surface area contributed by atoms with Gasteiger partial charge in [0.2, 0.25) is 10.0 Å². The van der Waals surface area contributed by atoms with Gasteiger partial charge in [-0.25, -0.2) is 8.42 Å². The van der Waals surface area contributed by atoms with Gasteiger partial charge in [0.1, 0.15) is 29.7 Å². The van der Waals surface area contributed by atoms with Gasteiger partial charge >= 0.3 is 5.97 Å². The summed E-state index contributed by atoms with van der Waals surface area (Å²) in [6.45, 7) is 14.0. The van der Waals surface area contributed by atoms with E-state index in [2.05, 4.69) is 51.2 Å². The van der Waals surface area contributed by atoms with E-state index in [1.165, 1.54) is 12.1 Å². The fourth-order valence-electron chi connectivity index (χ4n) is 7.09. The number of hydrogen-bond acceptors (Lipinski definition) is 8. The normalized spacial score (nSPS) is 20.8. The second-order valence-electron chi connectivity index (χ2n) is 13.8. The van der Waals surface area contributed by atoms with Crippen molar-refractivity contribution in [3.8, 4) is 23.3 Å². The molecule has 0 radical (unpaired) electrons. The van der Waals surface area contributed by atoms with Gasteiger partial charge in [0.05, 0.1) is 30.5 Å². The minimum Gasteiger partial charge on any atom is -0.461 e. The Morgan fingerprint density at radius 3 is 2.34 bits per heavy atom. The van der Waals surface area contributed by atoms with Gasteiger partial charge in [0.25, 0.3) is 0 Å². The number of fused-ring (bicyclic) bond motifs is 1. The van der Waals surface area contributed by atoms with Crippen molar-refractivity contribution in [2.24, 2.45) is 5.92 Å². The monoisotopic (exact) mass is 718 g/mol. The summed E-state index contributed by atoms with van der Waals surface area (Å²) in [6, 6.07) is 23.8. The number of carbonyl (C=O) groups is 1. The maximum absolute atomic E-state index is 13.0. The summed E-state index contributed by atoms with van der Waals surface area (Å²) in [5, 5.41) is 1.75. The fourth-order valence-corrected chi connectivity index (χ4v) is 12.7. The molecule has 0 amide bonds. The van der Waals surface area contributed by atoms with Crippen LogP contribution >= 0.6 is 0 Å². The number of hydrogen-bond donors (Lipinski definition) is 1. The maximum atomic E-state index is 13.0. The Morgan fingerprint density at radius 2 is 1.66 bits per heavy atom. The Labute approximate surface area is 298 Å². The molecule has 2 fully saturated rings. The van der Waals surface area contributed by atoms with Crippen molar-refractivity contribution in [2.45, 2.75) is 101 Å². The highest BCUT2D eigenvalue weighted by Crippen LogP contribution is 2.42. The summed E-state index contributed by atoms with van der Waals surface area (Å²) >= 11 is 0. The zero-order chi connectivity index (χ0) is 35.9. The highest BCUT2D eigenvalue weighted by atomic mass is 32.2. The number of nitrogens with one attached hydrogen (secondary N) is 1. The lowest BCUT2D eigenvalue weighted by Crippen LogP contribution is -2.47. The molecule has 4 atom stereocenters. The molecule has 3 aromatic carbocycles. The predicted octanol–water partition coefficient (Wildman–Crippen LogP) is 7.44. The first kappa shape index (κ1) is 37.7. The zero-order valence-corrected chi connectivity index (χ0v) is 31.7. The summed E-state index contributed by atoms with van der Waals surface area (Å²) in [6.07, 6.45) is 1.73. The van der Waals surface area contributed by atoms with Gasteiger partial charge in [-0.15, -0.1) is 0 Å². The molecule has 1 N–H and O–H groups in total. The highest BCUT2D eigenvalue weighted by Gasteiger charge is 2.57. The lowest BCUT2D eigenvalue weighted by Gasteiger charge is -2.40. The molecular formula is C39H50N2O7SSi. The molecular weight excluding hydrogens is 669 g/mol. The van der Waals surface area contributed by atoms with Crippen LogP contribution in [0.3, 0.4) is 0 Å². The van der Waals surface area contributed by atoms with Gasteiger partial charge < -0.3 is 13.9 Å². The van der Waals surface area contributed by atoms with Crippen molar-refractivity contribution in [3.05, 3.63) is 90.0 Å². The number of carbonyl (C=O) groups excluding carboxylic acids is 1. The summed E-state index contributed by atoms with van der Waals surface area (Å²) in [4.78, 5) is 19.6. The zero-order valence-electron chi connectivity index (χ0n) is 29.9.